The molecule has 1 unspecified atom stereocenters. The van der Waals surface area contributed by atoms with Crippen LogP contribution >= 0.6 is 11.6 Å². The lowest BCUT2D eigenvalue weighted by Gasteiger charge is -2.30. The number of anilines is 1. The van der Waals surface area contributed by atoms with Gasteiger partial charge in [-0.1, -0.05) is 11.6 Å². The van der Waals surface area contributed by atoms with E-state index in [0.29, 0.717) is 64.6 Å². The van der Waals surface area contributed by atoms with Gasteiger partial charge in [0.1, 0.15) is 0 Å². The molecule has 44 heavy (non-hydrogen) atoms. The minimum absolute atomic E-state index is 0.108. The third-order valence-corrected chi connectivity index (χ3v) is 8.28. The molecule has 0 saturated heterocycles. The molecule has 0 saturated carbocycles. The van der Waals surface area contributed by atoms with Crippen LogP contribution in [0.5, 0.6) is 5.75 Å². The van der Waals surface area contributed by atoms with Crippen LogP contribution in [0, 0.1) is 19.7 Å². The Balaban J connectivity index is 1.74. The van der Waals surface area contributed by atoms with Crippen molar-refractivity contribution in [3.8, 4) is 16.9 Å². The highest BCUT2D eigenvalue weighted by Gasteiger charge is 2.38. The Morgan fingerprint density at radius 2 is 1.77 bits per heavy atom. The zero-order chi connectivity index (χ0) is 32.3. The molecule has 0 spiro atoms. The van der Waals surface area contributed by atoms with Crippen molar-refractivity contribution in [2.45, 2.75) is 71.8 Å². The highest BCUT2D eigenvalue weighted by atomic mass is 35.5. The summed E-state index contributed by atoms with van der Waals surface area (Å²) in [6.07, 6.45) is -4.50. The number of carbonyl (C=O) groups excluding carboxylic acids is 1. The summed E-state index contributed by atoms with van der Waals surface area (Å²) in [5, 5.41) is 10.0. The van der Waals surface area contributed by atoms with E-state index in [2.05, 4.69) is 0 Å². The maximum absolute atomic E-state index is 15.6. The van der Waals surface area contributed by atoms with Gasteiger partial charge in [-0.3, -0.25) is 4.79 Å². The van der Waals surface area contributed by atoms with Crippen molar-refractivity contribution in [3.63, 3.8) is 0 Å². The number of carboxylic acid groups (broad SMARTS) is 1. The van der Waals surface area contributed by atoms with Gasteiger partial charge < -0.3 is 19.5 Å². The molecule has 5 rings (SSSR count). The highest BCUT2D eigenvalue weighted by molar-refractivity contribution is 6.34. The molecule has 11 heteroatoms. The Kier molecular flexibility index (Phi) is 8.22. The van der Waals surface area contributed by atoms with Crippen LogP contribution in [0.3, 0.4) is 0 Å². The SMILES string of the molecule is Cc1cc2c(c(-c3cc(F)c4c(c3C)CCCO4)c1C(OC(C)(C)C)C(=O)O)CCN2C(=O)c1ccc(C(F)(F)F)cc1Cl. The smallest absolute Gasteiger partial charge is 0.416 e. The summed E-state index contributed by atoms with van der Waals surface area (Å²) in [5.41, 5.74) is 2.28. The average molecular weight is 634 g/mol. The van der Waals surface area contributed by atoms with Crippen LogP contribution in [0.1, 0.15) is 77.0 Å². The largest absolute Gasteiger partial charge is 0.490 e. The number of ether oxygens (including phenoxy) is 2. The molecule has 6 nitrogen and oxygen atoms in total. The second-order valence-electron chi connectivity index (χ2n) is 12.1. The van der Waals surface area contributed by atoms with Crippen LogP contribution in [0.4, 0.5) is 23.2 Å². The Labute approximate surface area is 257 Å². The topological polar surface area (TPSA) is 76.1 Å². The van der Waals surface area contributed by atoms with Crippen LogP contribution in [0.15, 0.2) is 30.3 Å². The van der Waals surface area contributed by atoms with E-state index in [1.807, 2.05) is 6.92 Å². The molecule has 1 atom stereocenters. The molecule has 2 heterocycles. The molecule has 0 aromatic heterocycles. The number of carboxylic acids is 1. The first kappa shape index (κ1) is 31.8. The summed E-state index contributed by atoms with van der Waals surface area (Å²) < 4.78 is 67.0. The van der Waals surface area contributed by atoms with Crippen molar-refractivity contribution in [2.75, 3.05) is 18.1 Å². The van der Waals surface area contributed by atoms with E-state index in [4.69, 9.17) is 21.1 Å². The van der Waals surface area contributed by atoms with E-state index in [-0.39, 0.29) is 29.3 Å². The van der Waals surface area contributed by atoms with E-state index >= 15 is 4.39 Å². The van der Waals surface area contributed by atoms with Gasteiger partial charge in [0.05, 0.1) is 28.4 Å². The number of aryl methyl sites for hydroxylation is 1. The zero-order valence-electron chi connectivity index (χ0n) is 24.9. The van der Waals surface area contributed by atoms with Crippen LogP contribution in [-0.2, 0) is 28.5 Å². The minimum Gasteiger partial charge on any atom is -0.490 e. The van der Waals surface area contributed by atoms with Crippen molar-refractivity contribution < 1.29 is 41.7 Å². The minimum atomic E-state index is -4.63. The van der Waals surface area contributed by atoms with Crippen LogP contribution in [0.25, 0.3) is 11.1 Å². The molecule has 3 aromatic rings. The monoisotopic (exact) mass is 633 g/mol. The van der Waals surface area contributed by atoms with Gasteiger partial charge in [-0.15, -0.1) is 0 Å². The number of halogens is 5. The van der Waals surface area contributed by atoms with Gasteiger partial charge in [0.2, 0.25) is 0 Å². The molecular weight excluding hydrogens is 602 g/mol. The van der Waals surface area contributed by atoms with Gasteiger partial charge in [0.25, 0.3) is 5.91 Å². The molecule has 0 radical (unpaired) electrons. The van der Waals surface area contributed by atoms with E-state index < -0.39 is 41.1 Å². The Morgan fingerprint density at radius 3 is 2.39 bits per heavy atom. The molecule has 234 valence electrons. The highest BCUT2D eigenvalue weighted by Crippen LogP contribution is 2.48. The second kappa shape index (κ2) is 11.4. The Hall–Kier alpha value is -3.63. The van der Waals surface area contributed by atoms with Crippen LogP contribution < -0.4 is 9.64 Å². The summed E-state index contributed by atoms with van der Waals surface area (Å²) >= 11 is 6.18. The number of carbonyl (C=O) groups is 2. The number of nitrogens with zero attached hydrogens (tertiary/aromatic N) is 1. The molecule has 2 aliphatic rings. The molecule has 2 aliphatic heterocycles. The van der Waals surface area contributed by atoms with Crippen molar-refractivity contribution in [1.29, 1.82) is 0 Å². The fourth-order valence-corrected chi connectivity index (χ4v) is 6.33. The maximum atomic E-state index is 15.6. The van der Waals surface area contributed by atoms with E-state index in [1.54, 1.807) is 33.8 Å². The molecular formula is C33H32ClF4NO5. The molecule has 1 N–H and O–H groups in total. The number of hydrogen-bond donors (Lipinski definition) is 1. The van der Waals surface area contributed by atoms with Crippen molar-refractivity contribution in [3.05, 3.63) is 80.1 Å². The Bertz CT molecular complexity index is 1680. The molecule has 0 aliphatic carbocycles. The van der Waals surface area contributed by atoms with Crippen molar-refractivity contribution >= 4 is 29.2 Å². The normalized spacial score (nSPS) is 15.5. The number of benzene rings is 3. The summed E-state index contributed by atoms with van der Waals surface area (Å²) in [6, 6.07) is 5.58. The van der Waals surface area contributed by atoms with Gasteiger partial charge in [0, 0.05) is 23.4 Å². The third kappa shape index (κ3) is 5.77. The molecule has 3 aromatic carbocycles. The first-order valence-corrected chi connectivity index (χ1v) is 14.6. The number of hydrogen-bond acceptors (Lipinski definition) is 4. The standard InChI is InChI=1S/C33H32ClF4NO5/c1-16-13-25-21(10-11-39(25)30(40)20-9-8-18(14-23(20)34)33(36,37)38)27(26(16)29(31(41)42)44-32(3,4)5)22-15-24(35)28-19(17(22)2)7-6-12-43-28/h8-9,13-15,29H,6-7,10-12H2,1-5H3,(H,41,42). The molecule has 0 fully saturated rings. The van der Waals surface area contributed by atoms with E-state index in [0.717, 1.165) is 17.7 Å². The van der Waals surface area contributed by atoms with Gasteiger partial charge >= 0.3 is 12.1 Å². The van der Waals surface area contributed by atoms with Gasteiger partial charge in [-0.2, -0.15) is 13.2 Å². The fourth-order valence-electron chi connectivity index (χ4n) is 6.07. The first-order valence-electron chi connectivity index (χ1n) is 14.2. The quantitative estimate of drug-likeness (QED) is 0.286. The fraction of sp³-hybridized carbons (Fsp3) is 0.394. The zero-order valence-corrected chi connectivity index (χ0v) is 25.7. The van der Waals surface area contributed by atoms with E-state index in [1.165, 1.54) is 11.0 Å². The van der Waals surface area contributed by atoms with Crippen molar-refractivity contribution in [1.82, 2.24) is 0 Å². The lowest BCUT2D eigenvalue weighted by molar-refractivity contribution is -0.160. The lowest BCUT2D eigenvalue weighted by atomic mass is 9.83. The van der Waals surface area contributed by atoms with E-state index in [9.17, 15) is 27.9 Å². The predicted molar refractivity (Wildman–Crippen MR) is 158 cm³/mol. The summed E-state index contributed by atoms with van der Waals surface area (Å²) in [5.74, 6) is -2.24. The third-order valence-electron chi connectivity index (χ3n) is 7.97. The van der Waals surface area contributed by atoms with Gasteiger partial charge in [-0.05, 0) is 112 Å². The summed E-state index contributed by atoms with van der Waals surface area (Å²) in [4.78, 5) is 27.9. The van der Waals surface area contributed by atoms with Crippen LogP contribution in [0.2, 0.25) is 5.02 Å². The number of aliphatic carboxylic acids is 1. The molecule has 1 amide bonds. The Morgan fingerprint density at radius 1 is 1.07 bits per heavy atom. The number of alkyl halides is 3. The first-order chi connectivity index (χ1) is 20.5. The summed E-state index contributed by atoms with van der Waals surface area (Å²) in [7, 11) is 0. The number of fused-ring (bicyclic) bond motifs is 2. The lowest BCUT2D eigenvalue weighted by Crippen LogP contribution is -2.30. The van der Waals surface area contributed by atoms with Gasteiger partial charge in [0.15, 0.2) is 17.7 Å². The average Bonchev–Trinajstić information content (AvgIpc) is 3.35. The number of rotatable bonds is 5. The van der Waals surface area contributed by atoms with Crippen LogP contribution in [-0.4, -0.2) is 35.7 Å². The molecule has 0 bridgehead atoms. The van der Waals surface area contributed by atoms with Gasteiger partial charge in [-0.25, -0.2) is 9.18 Å². The van der Waals surface area contributed by atoms with Crippen molar-refractivity contribution in [2.24, 2.45) is 0 Å². The maximum Gasteiger partial charge on any atom is 0.416 e. The summed E-state index contributed by atoms with van der Waals surface area (Å²) in [6.45, 7) is 9.27. The number of amides is 1. The second-order valence-corrected chi connectivity index (χ2v) is 12.5. The predicted octanol–water partition coefficient (Wildman–Crippen LogP) is 8.25.